The first-order valence-electron chi connectivity index (χ1n) is 8.26. The van der Waals surface area contributed by atoms with E-state index in [1.54, 1.807) is 12.1 Å². The standard InChI is InChI=1S/C20H15ClN2O4/c1-11-3-5-13(6-4-11)20-22-18(27-23-20)10-25-17-9-16-14(8-15(17)21)12(2)7-19(24)26-16/h3-9H,10H2,1-2H3. The van der Waals surface area contributed by atoms with Crippen molar-refractivity contribution in [3.63, 3.8) is 0 Å². The number of aromatic nitrogens is 2. The van der Waals surface area contributed by atoms with Crippen LogP contribution in [0.4, 0.5) is 0 Å². The summed E-state index contributed by atoms with van der Waals surface area (Å²) in [6, 6.07) is 12.5. The van der Waals surface area contributed by atoms with E-state index >= 15 is 0 Å². The maximum Gasteiger partial charge on any atom is 0.336 e. The summed E-state index contributed by atoms with van der Waals surface area (Å²) >= 11 is 6.29. The molecule has 0 saturated heterocycles. The molecule has 4 rings (SSSR count). The van der Waals surface area contributed by atoms with Crippen molar-refractivity contribution in [3.05, 3.63) is 74.9 Å². The van der Waals surface area contributed by atoms with Gasteiger partial charge < -0.3 is 13.7 Å². The van der Waals surface area contributed by atoms with Crippen molar-refractivity contribution in [1.82, 2.24) is 10.1 Å². The average molecular weight is 383 g/mol. The van der Waals surface area contributed by atoms with Crippen molar-refractivity contribution in [2.75, 3.05) is 0 Å². The first-order chi connectivity index (χ1) is 13.0. The van der Waals surface area contributed by atoms with Crippen LogP contribution in [0.15, 0.2) is 56.2 Å². The van der Waals surface area contributed by atoms with Gasteiger partial charge in [0.1, 0.15) is 11.3 Å². The van der Waals surface area contributed by atoms with Gasteiger partial charge in [0.05, 0.1) is 5.02 Å². The number of nitrogens with zero attached hydrogens (tertiary/aromatic N) is 2. The summed E-state index contributed by atoms with van der Waals surface area (Å²) in [4.78, 5) is 15.9. The van der Waals surface area contributed by atoms with Gasteiger partial charge in [0.2, 0.25) is 5.82 Å². The summed E-state index contributed by atoms with van der Waals surface area (Å²) in [6.45, 7) is 3.87. The van der Waals surface area contributed by atoms with E-state index in [1.165, 1.54) is 6.07 Å². The number of hydrogen-bond donors (Lipinski definition) is 0. The fourth-order valence-electron chi connectivity index (χ4n) is 2.70. The molecule has 2 aromatic heterocycles. The lowest BCUT2D eigenvalue weighted by atomic mass is 10.1. The smallest absolute Gasteiger partial charge is 0.336 e. The first-order valence-corrected chi connectivity index (χ1v) is 8.64. The van der Waals surface area contributed by atoms with Crippen LogP contribution in [0.1, 0.15) is 17.0 Å². The molecule has 2 heterocycles. The molecule has 6 nitrogen and oxygen atoms in total. The van der Waals surface area contributed by atoms with E-state index in [4.69, 9.17) is 25.3 Å². The Balaban J connectivity index is 1.56. The second kappa shape index (κ2) is 6.89. The van der Waals surface area contributed by atoms with Crippen LogP contribution in [0.3, 0.4) is 0 Å². The highest BCUT2D eigenvalue weighted by Gasteiger charge is 2.12. The molecule has 0 fully saturated rings. The Labute approximate surface area is 159 Å². The number of aryl methyl sites for hydroxylation is 2. The predicted octanol–water partition coefficient (Wildman–Crippen LogP) is 4.69. The van der Waals surface area contributed by atoms with Crippen LogP contribution in [-0.4, -0.2) is 10.1 Å². The van der Waals surface area contributed by atoms with Crippen molar-refractivity contribution in [3.8, 4) is 17.1 Å². The summed E-state index contributed by atoms with van der Waals surface area (Å²) in [5.74, 6) is 1.17. The zero-order chi connectivity index (χ0) is 19.0. The molecule has 27 heavy (non-hydrogen) atoms. The lowest BCUT2D eigenvalue weighted by Gasteiger charge is -2.08. The molecular formula is C20H15ClN2O4. The third-order valence-corrected chi connectivity index (χ3v) is 4.43. The highest BCUT2D eigenvalue weighted by Crippen LogP contribution is 2.31. The Morgan fingerprint density at radius 2 is 1.89 bits per heavy atom. The third-order valence-electron chi connectivity index (χ3n) is 4.13. The minimum Gasteiger partial charge on any atom is -0.482 e. The summed E-state index contributed by atoms with van der Waals surface area (Å²) < 4.78 is 16.1. The van der Waals surface area contributed by atoms with Crippen LogP contribution < -0.4 is 10.4 Å². The normalized spacial score (nSPS) is 11.1. The SMILES string of the molecule is Cc1ccc(-c2noc(COc3cc4oc(=O)cc(C)c4cc3Cl)n2)cc1. The maximum atomic E-state index is 11.6. The molecule has 7 heteroatoms. The first kappa shape index (κ1) is 17.3. The van der Waals surface area contributed by atoms with Crippen LogP contribution in [0.5, 0.6) is 5.75 Å². The molecule has 0 aliphatic carbocycles. The van der Waals surface area contributed by atoms with Gasteiger partial charge in [-0.2, -0.15) is 4.98 Å². The van der Waals surface area contributed by atoms with Gasteiger partial charge in [0.25, 0.3) is 5.89 Å². The Morgan fingerprint density at radius 3 is 2.67 bits per heavy atom. The monoisotopic (exact) mass is 382 g/mol. The van der Waals surface area contributed by atoms with Gasteiger partial charge in [-0.15, -0.1) is 0 Å². The number of halogens is 1. The molecule has 0 atom stereocenters. The molecule has 0 bridgehead atoms. The number of hydrogen-bond acceptors (Lipinski definition) is 6. The minimum atomic E-state index is -0.423. The lowest BCUT2D eigenvalue weighted by molar-refractivity contribution is 0.243. The molecule has 0 amide bonds. The van der Waals surface area contributed by atoms with E-state index in [1.807, 2.05) is 38.1 Å². The Hall–Kier alpha value is -3.12. The van der Waals surface area contributed by atoms with Crippen molar-refractivity contribution in [1.29, 1.82) is 0 Å². The van der Waals surface area contributed by atoms with E-state index in [2.05, 4.69) is 10.1 Å². The van der Waals surface area contributed by atoms with Crippen LogP contribution in [0.25, 0.3) is 22.4 Å². The van der Waals surface area contributed by atoms with E-state index in [0.717, 1.165) is 22.1 Å². The lowest BCUT2D eigenvalue weighted by Crippen LogP contribution is -2.00. The molecule has 0 spiro atoms. The summed E-state index contributed by atoms with van der Waals surface area (Å²) in [5, 5.41) is 5.12. The summed E-state index contributed by atoms with van der Waals surface area (Å²) in [7, 11) is 0. The average Bonchev–Trinajstić information content (AvgIpc) is 3.10. The van der Waals surface area contributed by atoms with E-state index in [9.17, 15) is 4.79 Å². The molecular weight excluding hydrogens is 368 g/mol. The molecule has 0 N–H and O–H groups in total. The van der Waals surface area contributed by atoms with Crippen molar-refractivity contribution in [2.45, 2.75) is 20.5 Å². The van der Waals surface area contributed by atoms with Crippen LogP contribution in [0, 0.1) is 13.8 Å². The van der Waals surface area contributed by atoms with Gasteiger partial charge in [-0.25, -0.2) is 4.79 Å². The minimum absolute atomic E-state index is 0.0418. The van der Waals surface area contributed by atoms with Crippen LogP contribution >= 0.6 is 11.6 Å². The molecule has 0 aliphatic heterocycles. The predicted molar refractivity (Wildman–Crippen MR) is 101 cm³/mol. The summed E-state index contributed by atoms with van der Waals surface area (Å²) in [5.41, 5.74) is 2.78. The summed E-state index contributed by atoms with van der Waals surface area (Å²) in [6.07, 6.45) is 0. The number of rotatable bonds is 4. The van der Waals surface area contributed by atoms with Gasteiger partial charge in [0, 0.05) is 23.1 Å². The highest BCUT2D eigenvalue weighted by atomic mass is 35.5. The van der Waals surface area contributed by atoms with Gasteiger partial charge in [-0.3, -0.25) is 0 Å². The topological polar surface area (TPSA) is 78.4 Å². The van der Waals surface area contributed by atoms with E-state index in [-0.39, 0.29) is 6.61 Å². The molecule has 4 aromatic rings. The maximum absolute atomic E-state index is 11.6. The van der Waals surface area contributed by atoms with Crippen molar-refractivity contribution >= 4 is 22.6 Å². The second-order valence-corrected chi connectivity index (χ2v) is 6.60. The van der Waals surface area contributed by atoms with Gasteiger partial charge in [0.15, 0.2) is 6.61 Å². The largest absolute Gasteiger partial charge is 0.482 e. The van der Waals surface area contributed by atoms with Gasteiger partial charge in [-0.1, -0.05) is 46.6 Å². The third kappa shape index (κ3) is 3.57. The fourth-order valence-corrected chi connectivity index (χ4v) is 2.92. The molecule has 0 radical (unpaired) electrons. The molecule has 2 aromatic carbocycles. The number of ether oxygens (including phenoxy) is 1. The number of benzene rings is 2. The zero-order valence-electron chi connectivity index (χ0n) is 14.7. The molecule has 0 unspecified atom stereocenters. The Kier molecular flexibility index (Phi) is 4.41. The van der Waals surface area contributed by atoms with Gasteiger partial charge in [-0.05, 0) is 25.5 Å². The molecule has 0 saturated carbocycles. The number of fused-ring (bicyclic) bond motifs is 1. The molecule has 0 aliphatic rings. The zero-order valence-corrected chi connectivity index (χ0v) is 15.4. The second-order valence-electron chi connectivity index (χ2n) is 6.19. The van der Waals surface area contributed by atoms with Crippen molar-refractivity contribution < 1.29 is 13.7 Å². The van der Waals surface area contributed by atoms with E-state index in [0.29, 0.717) is 28.1 Å². The quantitative estimate of drug-likeness (QED) is 0.476. The van der Waals surface area contributed by atoms with E-state index < -0.39 is 5.63 Å². The van der Waals surface area contributed by atoms with Crippen LogP contribution in [-0.2, 0) is 6.61 Å². The van der Waals surface area contributed by atoms with Crippen molar-refractivity contribution in [2.24, 2.45) is 0 Å². The molecule has 136 valence electrons. The van der Waals surface area contributed by atoms with Crippen LogP contribution in [0.2, 0.25) is 5.02 Å². The Morgan fingerprint density at radius 1 is 1.11 bits per heavy atom. The Bertz CT molecular complexity index is 1180. The highest BCUT2D eigenvalue weighted by molar-refractivity contribution is 6.32. The van der Waals surface area contributed by atoms with Gasteiger partial charge >= 0.3 is 5.63 Å². The fraction of sp³-hybridized carbons (Fsp3) is 0.150.